The average molecular weight is 292 g/mol. The molecule has 1 fully saturated rings. The molecule has 0 saturated carbocycles. The number of rotatable bonds is 5. The third-order valence-corrected chi connectivity index (χ3v) is 4.19. The normalized spacial score (nSPS) is 19.0. The summed E-state index contributed by atoms with van der Waals surface area (Å²) in [6, 6.07) is 2.24. The summed E-state index contributed by atoms with van der Waals surface area (Å²) in [5.74, 6) is 0.743. The minimum Gasteiger partial charge on any atom is -0.338 e. The summed E-state index contributed by atoms with van der Waals surface area (Å²) in [6.07, 6.45) is 2.42. The summed E-state index contributed by atoms with van der Waals surface area (Å²) < 4.78 is 1.81. The van der Waals surface area contributed by atoms with E-state index in [1.165, 1.54) is 12.8 Å². The zero-order chi connectivity index (χ0) is 15.4. The number of piperidine rings is 1. The van der Waals surface area contributed by atoms with Crippen LogP contribution in [0.5, 0.6) is 0 Å². The van der Waals surface area contributed by atoms with E-state index in [2.05, 4.69) is 24.3 Å². The molecule has 1 aliphatic heterocycles. The number of amides is 1. The van der Waals surface area contributed by atoms with Gasteiger partial charge >= 0.3 is 0 Å². The van der Waals surface area contributed by atoms with Crippen molar-refractivity contribution >= 4 is 5.91 Å². The highest BCUT2D eigenvalue weighted by molar-refractivity contribution is 5.76. The number of carbonyl (C=O) groups excluding carboxylic acids is 1. The van der Waals surface area contributed by atoms with Gasteiger partial charge in [0.2, 0.25) is 5.91 Å². The van der Waals surface area contributed by atoms with E-state index in [0.717, 1.165) is 31.0 Å². The van der Waals surface area contributed by atoms with E-state index >= 15 is 0 Å². The molecule has 1 aromatic rings. The standard InChI is InChI=1S/C16H28N4O/c1-12(2)19(10-15-6-5-7-17-9-15)16(21)11-20-14(4)8-13(3)18-20/h8,12,15,17H,5-7,9-11H2,1-4H3. The van der Waals surface area contributed by atoms with Crippen molar-refractivity contribution in [3.05, 3.63) is 17.5 Å². The summed E-state index contributed by atoms with van der Waals surface area (Å²) in [4.78, 5) is 14.6. The van der Waals surface area contributed by atoms with Crippen LogP contribution in [-0.4, -0.2) is 46.3 Å². The van der Waals surface area contributed by atoms with Crippen LogP contribution in [0.2, 0.25) is 0 Å². The van der Waals surface area contributed by atoms with E-state index in [-0.39, 0.29) is 11.9 Å². The Morgan fingerprint density at radius 3 is 2.81 bits per heavy atom. The van der Waals surface area contributed by atoms with Crippen molar-refractivity contribution in [2.24, 2.45) is 5.92 Å². The molecule has 1 aromatic heterocycles. The van der Waals surface area contributed by atoms with Crippen LogP contribution in [0, 0.1) is 19.8 Å². The molecular formula is C16H28N4O. The average Bonchev–Trinajstić information content (AvgIpc) is 2.75. The molecule has 21 heavy (non-hydrogen) atoms. The summed E-state index contributed by atoms with van der Waals surface area (Å²) in [5, 5.41) is 7.82. The maximum atomic E-state index is 12.6. The second-order valence-corrected chi connectivity index (χ2v) is 6.44. The molecule has 5 heteroatoms. The number of carbonyl (C=O) groups is 1. The number of hydrogen-bond acceptors (Lipinski definition) is 3. The van der Waals surface area contributed by atoms with Crippen LogP contribution in [0.1, 0.15) is 38.1 Å². The highest BCUT2D eigenvalue weighted by Gasteiger charge is 2.23. The quantitative estimate of drug-likeness (QED) is 0.899. The van der Waals surface area contributed by atoms with Gasteiger partial charge in [-0.2, -0.15) is 5.10 Å². The molecular weight excluding hydrogens is 264 g/mol. The van der Waals surface area contributed by atoms with E-state index < -0.39 is 0 Å². The van der Waals surface area contributed by atoms with Crippen LogP contribution >= 0.6 is 0 Å². The molecule has 118 valence electrons. The van der Waals surface area contributed by atoms with Gasteiger partial charge in [-0.25, -0.2) is 0 Å². The number of aromatic nitrogens is 2. The maximum absolute atomic E-state index is 12.6. The highest BCUT2D eigenvalue weighted by atomic mass is 16.2. The first-order chi connectivity index (χ1) is 9.97. The number of hydrogen-bond donors (Lipinski definition) is 1. The van der Waals surface area contributed by atoms with Gasteiger partial charge < -0.3 is 10.2 Å². The summed E-state index contributed by atoms with van der Waals surface area (Å²) >= 11 is 0. The van der Waals surface area contributed by atoms with Gasteiger partial charge in [-0.15, -0.1) is 0 Å². The third-order valence-electron chi connectivity index (χ3n) is 4.19. The van der Waals surface area contributed by atoms with E-state index in [9.17, 15) is 4.79 Å². The van der Waals surface area contributed by atoms with Gasteiger partial charge in [-0.05, 0) is 65.6 Å². The SMILES string of the molecule is Cc1cc(C)n(CC(=O)N(CC2CCCNC2)C(C)C)n1. The van der Waals surface area contributed by atoms with E-state index in [0.29, 0.717) is 12.5 Å². The van der Waals surface area contributed by atoms with Crippen molar-refractivity contribution < 1.29 is 4.79 Å². The Morgan fingerprint density at radius 1 is 1.52 bits per heavy atom. The highest BCUT2D eigenvalue weighted by Crippen LogP contribution is 2.14. The van der Waals surface area contributed by atoms with Gasteiger partial charge in [0.05, 0.1) is 5.69 Å². The van der Waals surface area contributed by atoms with Crippen LogP contribution in [0.4, 0.5) is 0 Å². The molecule has 1 unspecified atom stereocenters. The van der Waals surface area contributed by atoms with Crippen molar-refractivity contribution in [1.29, 1.82) is 0 Å². The van der Waals surface area contributed by atoms with Gasteiger partial charge in [0, 0.05) is 18.3 Å². The number of aryl methyl sites for hydroxylation is 2. The zero-order valence-electron chi connectivity index (χ0n) is 13.7. The predicted octanol–water partition coefficient (Wildman–Crippen LogP) is 1.74. The van der Waals surface area contributed by atoms with Crippen LogP contribution in [0.15, 0.2) is 6.07 Å². The number of nitrogens with zero attached hydrogens (tertiary/aromatic N) is 3. The Balaban J connectivity index is 1.99. The smallest absolute Gasteiger partial charge is 0.244 e. The molecule has 0 aromatic carbocycles. The van der Waals surface area contributed by atoms with Crippen molar-refractivity contribution in [3.8, 4) is 0 Å². The van der Waals surface area contributed by atoms with Crippen LogP contribution in [0.3, 0.4) is 0 Å². The van der Waals surface area contributed by atoms with Gasteiger partial charge in [0.15, 0.2) is 0 Å². The van der Waals surface area contributed by atoms with Crippen molar-refractivity contribution in [2.45, 2.75) is 53.1 Å². The number of nitrogens with one attached hydrogen (secondary N) is 1. The Labute approximate surface area is 127 Å². The molecule has 1 aliphatic rings. The van der Waals surface area contributed by atoms with Crippen LogP contribution in [-0.2, 0) is 11.3 Å². The molecule has 1 atom stereocenters. The maximum Gasteiger partial charge on any atom is 0.244 e. The molecule has 0 bridgehead atoms. The Kier molecular flexibility index (Phi) is 5.39. The second kappa shape index (κ2) is 7.07. The fourth-order valence-corrected chi connectivity index (χ4v) is 3.01. The molecule has 0 radical (unpaired) electrons. The molecule has 2 rings (SSSR count). The van der Waals surface area contributed by atoms with E-state index in [1.54, 1.807) is 0 Å². The Morgan fingerprint density at radius 2 is 2.29 bits per heavy atom. The van der Waals surface area contributed by atoms with Gasteiger partial charge in [0.1, 0.15) is 6.54 Å². The zero-order valence-corrected chi connectivity index (χ0v) is 13.7. The van der Waals surface area contributed by atoms with E-state index in [4.69, 9.17) is 0 Å². The molecule has 0 aliphatic carbocycles. The van der Waals surface area contributed by atoms with Gasteiger partial charge in [-0.3, -0.25) is 9.48 Å². The third kappa shape index (κ3) is 4.30. The first-order valence-electron chi connectivity index (χ1n) is 7.98. The molecule has 5 nitrogen and oxygen atoms in total. The monoisotopic (exact) mass is 292 g/mol. The lowest BCUT2D eigenvalue weighted by Crippen LogP contribution is -2.45. The molecule has 1 saturated heterocycles. The van der Waals surface area contributed by atoms with Gasteiger partial charge in [0.25, 0.3) is 0 Å². The molecule has 1 N–H and O–H groups in total. The summed E-state index contributed by atoms with van der Waals surface area (Å²) in [7, 11) is 0. The predicted molar refractivity (Wildman–Crippen MR) is 84.1 cm³/mol. The molecule has 2 heterocycles. The van der Waals surface area contributed by atoms with E-state index in [1.807, 2.05) is 29.5 Å². The van der Waals surface area contributed by atoms with Crippen LogP contribution in [0.25, 0.3) is 0 Å². The first kappa shape index (κ1) is 16.0. The topological polar surface area (TPSA) is 50.2 Å². The Bertz CT molecular complexity index is 475. The van der Waals surface area contributed by atoms with Crippen molar-refractivity contribution in [3.63, 3.8) is 0 Å². The molecule has 1 amide bonds. The lowest BCUT2D eigenvalue weighted by Gasteiger charge is -2.33. The summed E-state index contributed by atoms with van der Waals surface area (Å²) in [6.45, 7) is 11.5. The minimum atomic E-state index is 0.168. The van der Waals surface area contributed by atoms with Gasteiger partial charge in [-0.1, -0.05) is 0 Å². The Hall–Kier alpha value is -1.36. The van der Waals surface area contributed by atoms with Crippen LogP contribution < -0.4 is 5.32 Å². The fraction of sp³-hybridized carbons (Fsp3) is 0.750. The summed E-state index contributed by atoms with van der Waals surface area (Å²) in [5.41, 5.74) is 2.01. The lowest BCUT2D eigenvalue weighted by molar-refractivity contribution is -0.134. The molecule has 0 spiro atoms. The minimum absolute atomic E-state index is 0.168. The van der Waals surface area contributed by atoms with Crippen molar-refractivity contribution in [1.82, 2.24) is 20.0 Å². The first-order valence-corrected chi connectivity index (χ1v) is 7.98. The lowest BCUT2D eigenvalue weighted by atomic mass is 9.98. The fourth-order valence-electron chi connectivity index (χ4n) is 3.01. The van der Waals surface area contributed by atoms with Crippen molar-refractivity contribution in [2.75, 3.05) is 19.6 Å². The second-order valence-electron chi connectivity index (χ2n) is 6.44. The largest absolute Gasteiger partial charge is 0.338 e.